The van der Waals surface area contributed by atoms with Gasteiger partial charge in [0.15, 0.2) is 11.5 Å². The van der Waals surface area contributed by atoms with E-state index in [4.69, 9.17) is 19.4 Å². The van der Waals surface area contributed by atoms with E-state index >= 15 is 0 Å². The molecular formula is C52H95NO7S. The van der Waals surface area contributed by atoms with Crippen molar-refractivity contribution < 1.29 is 31.7 Å². The summed E-state index contributed by atoms with van der Waals surface area (Å²) in [5.74, 6) is 0.864. The molecule has 0 aliphatic heterocycles. The summed E-state index contributed by atoms with van der Waals surface area (Å²) in [4.78, 5) is 26.7. The average molecular weight is 878 g/mol. The minimum atomic E-state index is -3.87. The lowest BCUT2D eigenvalue weighted by molar-refractivity contribution is -0.138. The van der Waals surface area contributed by atoms with E-state index < -0.39 is 34.2 Å². The first-order chi connectivity index (χ1) is 29.1. The van der Waals surface area contributed by atoms with Crippen molar-refractivity contribution in [1.82, 2.24) is 0 Å². The van der Waals surface area contributed by atoms with E-state index in [0.29, 0.717) is 17.4 Å². The Labute approximate surface area is 376 Å². The van der Waals surface area contributed by atoms with Crippen LogP contribution in [0.3, 0.4) is 0 Å². The van der Waals surface area contributed by atoms with Crippen molar-refractivity contribution in [1.29, 1.82) is 0 Å². The molecule has 0 bridgehead atoms. The van der Waals surface area contributed by atoms with Gasteiger partial charge in [-0.1, -0.05) is 228 Å². The summed E-state index contributed by atoms with van der Waals surface area (Å²) in [7, 11) is -3.87. The van der Waals surface area contributed by atoms with E-state index in [2.05, 4.69) is 41.5 Å². The van der Waals surface area contributed by atoms with Crippen molar-refractivity contribution in [3.05, 3.63) is 23.8 Å². The molecular weight excluding hydrogens is 783 g/mol. The number of rotatable bonds is 39. The van der Waals surface area contributed by atoms with Crippen LogP contribution in [-0.4, -0.2) is 32.7 Å². The molecule has 0 aromatic heterocycles. The Morgan fingerprint density at radius 1 is 0.525 bits per heavy atom. The Balaban J connectivity index is 2.77. The lowest BCUT2D eigenvalue weighted by atomic mass is 9.93. The zero-order valence-electron chi connectivity index (χ0n) is 40.9. The predicted molar refractivity (Wildman–Crippen MR) is 256 cm³/mol. The third-order valence-electron chi connectivity index (χ3n) is 12.6. The summed E-state index contributed by atoms with van der Waals surface area (Å²) in [6.07, 6.45) is 33.5. The van der Waals surface area contributed by atoms with Crippen LogP contribution in [0.25, 0.3) is 0 Å². The van der Waals surface area contributed by atoms with Crippen molar-refractivity contribution >= 4 is 22.1 Å². The number of unbranched alkanes of at least 4 members (excludes halogenated alkanes) is 16. The lowest BCUT2D eigenvalue weighted by Gasteiger charge is -2.27. The van der Waals surface area contributed by atoms with Crippen molar-refractivity contribution in [3.8, 4) is 11.5 Å². The van der Waals surface area contributed by atoms with Gasteiger partial charge in [-0.25, -0.2) is 0 Å². The molecule has 0 saturated heterocycles. The van der Waals surface area contributed by atoms with E-state index in [1.165, 1.54) is 134 Å². The van der Waals surface area contributed by atoms with E-state index in [1.807, 2.05) is 13.8 Å². The van der Waals surface area contributed by atoms with Gasteiger partial charge in [-0.15, -0.1) is 0 Å². The summed E-state index contributed by atoms with van der Waals surface area (Å²) < 4.78 is 41.8. The molecule has 2 N–H and O–H groups in total. The molecule has 0 heterocycles. The van der Waals surface area contributed by atoms with Gasteiger partial charge in [0, 0.05) is 18.9 Å². The number of benzene rings is 1. The molecule has 1 aromatic rings. The smallest absolute Gasteiger partial charge is 0.311 e. The third kappa shape index (κ3) is 29.9. The van der Waals surface area contributed by atoms with Crippen LogP contribution in [0.1, 0.15) is 247 Å². The largest absolute Gasteiger partial charge is 0.423 e. The number of ether oxygens (including phenoxy) is 2. The first kappa shape index (κ1) is 57.0. The molecule has 0 aliphatic carbocycles. The number of hydrogen-bond donors (Lipinski definition) is 1. The molecule has 1 aromatic carbocycles. The van der Waals surface area contributed by atoms with Crippen molar-refractivity contribution in [2.45, 2.75) is 247 Å². The molecule has 0 spiro atoms. The molecule has 8 nitrogen and oxygen atoms in total. The molecule has 9 heteroatoms. The van der Waals surface area contributed by atoms with E-state index in [9.17, 15) is 18.0 Å². The molecule has 1 rings (SSSR count). The maximum atomic E-state index is 13.4. The number of carbonyl (C=O) groups is 2. The van der Waals surface area contributed by atoms with Gasteiger partial charge in [0.2, 0.25) is 0 Å². The van der Waals surface area contributed by atoms with Gasteiger partial charge in [0.25, 0.3) is 10.1 Å². The fourth-order valence-electron chi connectivity index (χ4n) is 8.37. The zero-order chi connectivity index (χ0) is 45.5. The van der Waals surface area contributed by atoms with Gasteiger partial charge < -0.3 is 15.2 Å². The van der Waals surface area contributed by atoms with Gasteiger partial charge in [0.1, 0.15) is 6.10 Å². The standard InChI is InChI=1S/C52H95NO7S/c1-10-12-14-16-18-20-22-24-26-30-42(5)32-28-34-44(7)38-49(54)58-47-37-36-46(52(51(53)41(3)4)60-61(9,56)57)40-48(47)59-50(55)39-45(8)35-29-33-43(6)31-27-25-23-21-19-17-15-13-11-2/h36-37,40-45,51-52H,10-35,38-39,53H2,1-9H3. The first-order valence-electron chi connectivity index (χ1n) is 25.2. The summed E-state index contributed by atoms with van der Waals surface area (Å²) in [6.45, 7) is 17.1. The topological polar surface area (TPSA) is 122 Å². The Kier molecular flexibility index (Phi) is 32.2. The van der Waals surface area contributed by atoms with Crippen LogP contribution in [0.5, 0.6) is 11.5 Å². The van der Waals surface area contributed by atoms with Crippen LogP contribution < -0.4 is 15.2 Å². The quantitative estimate of drug-likeness (QED) is 0.0300. The van der Waals surface area contributed by atoms with E-state index in [1.54, 1.807) is 12.1 Å². The summed E-state index contributed by atoms with van der Waals surface area (Å²) in [5.41, 5.74) is 6.88. The minimum Gasteiger partial charge on any atom is -0.423 e. The molecule has 356 valence electrons. The van der Waals surface area contributed by atoms with Gasteiger partial charge in [-0.05, 0) is 47.3 Å². The van der Waals surface area contributed by atoms with Gasteiger partial charge >= 0.3 is 11.9 Å². The van der Waals surface area contributed by atoms with Crippen LogP contribution in [0.2, 0.25) is 0 Å². The van der Waals surface area contributed by atoms with E-state index in [0.717, 1.165) is 44.8 Å². The summed E-state index contributed by atoms with van der Waals surface area (Å²) in [6, 6.07) is 4.06. The van der Waals surface area contributed by atoms with Crippen LogP contribution in [0.15, 0.2) is 18.2 Å². The van der Waals surface area contributed by atoms with Crippen LogP contribution in [0.4, 0.5) is 0 Å². The maximum Gasteiger partial charge on any atom is 0.311 e. The van der Waals surface area contributed by atoms with Crippen LogP contribution in [0, 0.1) is 29.6 Å². The Morgan fingerprint density at radius 2 is 0.885 bits per heavy atom. The predicted octanol–water partition coefficient (Wildman–Crippen LogP) is 15.0. The highest BCUT2D eigenvalue weighted by Gasteiger charge is 2.29. The summed E-state index contributed by atoms with van der Waals surface area (Å²) >= 11 is 0. The Morgan fingerprint density at radius 3 is 1.28 bits per heavy atom. The second-order valence-corrected chi connectivity index (χ2v) is 21.2. The molecule has 0 amide bonds. The lowest BCUT2D eigenvalue weighted by Crippen LogP contribution is -2.36. The van der Waals surface area contributed by atoms with Gasteiger partial charge in [-0.2, -0.15) is 8.42 Å². The first-order valence-corrected chi connectivity index (χ1v) is 27.1. The number of carbonyl (C=O) groups excluding carboxylic acids is 2. The fourth-order valence-corrected chi connectivity index (χ4v) is 8.99. The summed E-state index contributed by atoms with van der Waals surface area (Å²) in [5, 5.41) is 0. The normalized spacial score (nSPS) is 15.0. The minimum absolute atomic E-state index is 0.0636. The van der Waals surface area contributed by atoms with E-state index in [-0.39, 0.29) is 42.1 Å². The third-order valence-corrected chi connectivity index (χ3v) is 13.1. The monoisotopic (exact) mass is 878 g/mol. The van der Waals surface area contributed by atoms with Crippen molar-refractivity contribution in [2.75, 3.05) is 6.26 Å². The highest BCUT2D eigenvalue weighted by molar-refractivity contribution is 7.86. The zero-order valence-corrected chi connectivity index (χ0v) is 41.7. The molecule has 6 unspecified atom stereocenters. The number of nitrogens with two attached hydrogens (primary N) is 1. The number of hydrogen-bond acceptors (Lipinski definition) is 8. The molecule has 0 aliphatic rings. The van der Waals surface area contributed by atoms with Gasteiger partial charge in [-0.3, -0.25) is 13.8 Å². The van der Waals surface area contributed by atoms with Gasteiger partial charge in [0.05, 0.1) is 6.26 Å². The Bertz CT molecular complexity index is 1380. The highest BCUT2D eigenvalue weighted by atomic mass is 32.2. The molecule has 0 saturated carbocycles. The van der Waals surface area contributed by atoms with Crippen LogP contribution >= 0.6 is 0 Å². The second-order valence-electron chi connectivity index (χ2n) is 19.6. The second kappa shape index (κ2) is 34.4. The fraction of sp³-hybridized carbons (Fsp3) is 0.846. The van der Waals surface area contributed by atoms with Crippen LogP contribution in [-0.2, 0) is 23.9 Å². The SMILES string of the molecule is CCCCCCCCCCCC(C)CCCC(C)CC(=O)Oc1ccc(C(OS(C)(=O)=O)C(N)C(C)C)cc1OC(=O)CC(C)CCCC(C)CCCCCCCCCCC. The highest BCUT2D eigenvalue weighted by Crippen LogP contribution is 2.36. The molecule has 0 fully saturated rings. The Hall–Kier alpha value is -1.97. The number of esters is 2. The molecule has 0 radical (unpaired) electrons. The maximum absolute atomic E-state index is 13.4. The van der Waals surface area contributed by atoms with Crippen molar-refractivity contribution in [2.24, 2.45) is 35.3 Å². The average Bonchev–Trinajstić information content (AvgIpc) is 3.18. The molecule has 6 atom stereocenters. The van der Waals surface area contributed by atoms with Crippen molar-refractivity contribution in [3.63, 3.8) is 0 Å². The molecule has 61 heavy (non-hydrogen) atoms.